The highest BCUT2D eigenvalue weighted by Gasteiger charge is 2.03. The summed E-state index contributed by atoms with van der Waals surface area (Å²) in [7, 11) is 0. The molecule has 2 N–H and O–H groups in total. The van der Waals surface area contributed by atoms with Gasteiger partial charge in [0.05, 0.1) is 12.6 Å². The number of hydrogen-bond acceptors (Lipinski definition) is 4. The zero-order valence-electron chi connectivity index (χ0n) is 8.05. The van der Waals surface area contributed by atoms with Crippen LogP contribution in [0.1, 0.15) is 13.3 Å². The van der Waals surface area contributed by atoms with E-state index in [1.807, 2.05) is 0 Å². The van der Waals surface area contributed by atoms with Crippen molar-refractivity contribution in [2.24, 2.45) is 0 Å². The molecule has 1 heterocycles. The minimum Gasteiger partial charge on any atom is -0.392 e. The van der Waals surface area contributed by atoms with Crippen molar-refractivity contribution in [1.82, 2.24) is 20.1 Å². The number of aromatic nitrogens is 3. The quantitative estimate of drug-likeness (QED) is 0.647. The van der Waals surface area contributed by atoms with Crippen molar-refractivity contribution >= 4 is 5.91 Å². The maximum Gasteiger partial charge on any atom is 0.221 e. The molecular formula is C8H14N4O2. The van der Waals surface area contributed by atoms with Gasteiger partial charge in [-0.15, -0.1) is 0 Å². The molecule has 1 atom stereocenters. The van der Waals surface area contributed by atoms with Crippen molar-refractivity contribution in [2.75, 3.05) is 6.54 Å². The lowest BCUT2D eigenvalue weighted by Gasteiger charge is -2.06. The molecule has 0 bridgehead atoms. The van der Waals surface area contributed by atoms with E-state index in [1.165, 1.54) is 6.33 Å². The standard InChI is InChI=1S/C8H14N4O2/c1-7(13)4-10-8(14)2-3-12-6-9-5-11-12/h5-7,13H,2-4H2,1H3,(H,10,14). The lowest BCUT2D eigenvalue weighted by molar-refractivity contribution is -0.121. The number of amides is 1. The fourth-order valence-corrected chi connectivity index (χ4v) is 0.914. The smallest absolute Gasteiger partial charge is 0.221 e. The zero-order chi connectivity index (χ0) is 10.4. The van der Waals surface area contributed by atoms with Gasteiger partial charge in [0, 0.05) is 13.0 Å². The molecule has 14 heavy (non-hydrogen) atoms. The fourth-order valence-electron chi connectivity index (χ4n) is 0.914. The number of carbonyl (C=O) groups excluding carboxylic acids is 1. The molecule has 0 aliphatic rings. The minimum atomic E-state index is -0.509. The molecule has 0 radical (unpaired) electrons. The van der Waals surface area contributed by atoms with E-state index in [0.29, 0.717) is 13.0 Å². The number of nitrogens with one attached hydrogen (secondary N) is 1. The lowest BCUT2D eigenvalue weighted by Crippen LogP contribution is -2.31. The number of aliphatic hydroxyl groups is 1. The van der Waals surface area contributed by atoms with Gasteiger partial charge in [0.2, 0.25) is 5.91 Å². The first-order valence-electron chi connectivity index (χ1n) is 4.45. The molecule has 0 saturated carbocycles. The molecule has 0 aliphatic heterocycles. The number of hydrogen-bond donors (Lipinski definition) is 2. The van der Waals surface area contributed by atoms with Crippen molar-refractivity contribution in [1.29, 1.82) is 0 Å². The highest BCUT2D eigenvalue weighted by atomic mass is 16.3. The summed E-state index contributed by atoms with van der Waals surface area (Å²) in [6, 6.07) is 0. The monoisotopic (exact) mass is 198 g/mol. The molecule has 0 aromatic carbocycles. The summed E-state index contributed by atoms with van der Waals surface area (Å²) in [5, 5.41) is 15.4. The molecule has 1 amide bonds. The van der Waals surface area contributed by atoms with E-state index in [2.05, 4.69) is 15.4 Å². The maximum absolute atomic E-state index is 11.2. The Labute approximate surface area is 82.0 Å². The van der Waals surface area contributed by atoms with Gasteiger partial charge in [-0.1, -0.05) is 0 Å². The van der Waals surface area contributed by atoms with Gasteiger partial charge in [0.15, 0.2) is 0 Å². The van der Waals surface area contributed by atoms with Crippen LogP contribution in [-0.4, -0.2) is 38.4 Å². The van der Waals surface area contributed by atoms with Crippen LogP contribution in [0.15, 0.2) is 12.7 Å². The van der Waals surface area contributed by atoms with Gasteiger partial charge >= 0.3 is 0 Å². The average Bonchev–Trinajstić information content (AvgIpc) is 2.63. The molecule has 1 aromatic rings. The second kappa shape index (κ2) is 5.33. The lowest BCUT2D eigenvalue weighted by atomic mass is 10.3. The second-order valence-corrected chi connectivity index (χ2v) is 3.06. The SMILES string of the molecule is CC(O)CNC(=O)CCn1cncn1. The van der Waals surface area contributed by atoms with Crippen LogP contribution < -0.4 is 5.32 Å². The van der Waals surface area contributed by atoms with E-state index < -0.39 is 6.10 Å². The molecule has 6 heteroatoms. The Kier molecular flexibility index (Phi) is 4.06. The number of aryl methyl sites for hydroxylation is 1. The van der Waals surface area contributed by atoms with Gasteiger partial charge in [-0.2, -0.15) is 5.10 Å². The van der Waals surface area contributed by atoms with E-state index in [0.717, 1.165) is 0 Å². The van der Waals surface area contributed by atoms with Crippen molar-refractivity contribution in [3.05, 3.63) is 12.7 Å². The summed E-state index contributed by atoms with van der Waals surface area (Å²) in [6.07, 6.45) is 2.82. The summed E-state index contributed by atoms with van der Waals surface area (Å²) in [4.78, 5) is 14.9. The zero-order valence-corrected chi connectivity index (χ0v) is 8.05. The Morgan fingerprint density at radius 2 is 2.50 bits per heavy atom. The predicted octanol–water partition coefficient (Wildman–Crippen LogP) is -0.835. The Morgan fingerprint density at radius 3 is 3.07 bits per heavy atom. The van der Waals surface area contributed by atoms with Crippen molar-refractivity contribution in [3.63, 3.8) is 0 Å². The van der Waals surface area contributed by atoms with Crippen molar-refractivity contribution in [3.8, 4) is 0 Å². The second-order valence-electron chi connectivity index (χ2n) is 3.06. The van der Waals surface area contributed by atoms with Gasteiger partial charge in [-0.3, -0.25) is 9.48 Å². The third kappa shape index (κ3) is 3.99. The van der Waals surface area contributed by atoms with E-state index in [9.17, 15) is 4.79 Å². The van der Waals surface area contributed by atoms with E-state index >= 15 is 0 Å². The van der Waals surface area contributed by atoms with Gasteiger partial charge in [0.1, 0.15) is 12.7 Å². The third-order valence-electron chi connectivity index (χ3n) is 1.63. The van der Waals surface area contributed by atoms with Crippen LogP contribution in [0, 0.1) is 0 Å². The highest BCUT2D eigenvalue weighted by Crippen LogP contribution is 1.87. The van der Waals surface area contributed by atoms with E-state index in [1.54, 1.807) is 17.9 Å². The van der Waals surface area contributed by atoms with Crippen LogP contribution in [0.3, 0.4) is 0 Å². The van der Waals surface area contributed by atoms with Gasteiger partial charge in [-0.25, -0.2) is 4.98 Å². The van der Waals surface area contributed by atoms with Gasteiger partial charge in [-0.05, 0) is 6.92 Å². The number of carbonyl (C=O) groups is 1. The van der Waals surface area contributed by atoms with Crippen molar-refractivity contribution in [2.45, 2.75) is 26.0 Å². The number of aliphatic hydroxyl groups excluding tert-OH is 1. The molecule has 0 spiro atoms. The van der Waals surface area contributed by atoms with Crippen LogP contribution in [0.25, 0.3) is 0 Å². The maximum atomic E-state index is 11.2. The summed E-state index contributed by atoms with van der Waals surface area (Å²) >= 11 is 0. The molecule has 1 unspecified atom stereocenters. The average molecular weight is 198 g/mol. The third-order valence-corrected chi connectivity index (χ3v) is 1.63. The van der Waals surface area contributed by atoms with E-state index in [4.69, 9.17) is 5.11 Å². The summed E-state index contributed by atoms with van der Waals surface area (Å²) < 4.78 is 1.59. The van der Waals surface area contributed by atoms with Crippen LogP contribution >= 0.6 is 0 Å². The first-order chi connectivity index (χ1) is 6.68. The fraction of sp³-hybridized carbons (Fsp3) is 0.625. The first kappa shape index (κ1) is 10.6. The molecule has 0 aliphatic carbocycles. The number of rotatable bonds is 5. The predicted molar refractivity (Wildman–Crippen MR) is 49.3 cm³/mol. The topological polar surface area (TPSA) is 80.0 Å². The van der Waals surface area contributed by atoms with Crippen LogP contribution in [0.5, 0.6) is 0 Å². The van der Waals surface area contributed by atoms with Gasteiger partial charge in [0.25, 0.3) is 0 Å². The van der Waals surface area contributed by atoms with Crippen LogP contribution in [0.2, 0.25) is 0 Å². The van der Waals surface area contributed by atoms with Crippen LogP contribution in [-0.2, 0) is 11.3 Å². The van der Waals surface area contributed by atoms with Gasteiger partial charge < -0.3 is 10.4 Å². The molecule has 0 fully saturated rings. The molecular weight excluding hydrogens is 184 g/mol. The molecule has 1 rings (SSSR count). The molecule has 6 nitrogen and oxygen atoms in total. The van der Waals surface area contributed by atoms with Crippen LogP contribution in [0.4, 0.5) is 0 Å². The summed E-state index contributed by atoms with van der Waals surface area (Å²) in [6.45, 7) is 2.42. The first-order valence-corrected chi connectivity index (χ1v) is 4.45. The Hall–Kier alpha value is -1.43. The molecule has 0 saturated heterocycles. The summed E-state index contributed by atoms with van der Waals surface area (Å²) in [5.74, 6) is -0.0959. The number of nitrogens with zero attached hydrogens (tertiary/aromatic N) is 3. The van der Waals surface area contributed by atoms with Crippen molar-refractivity contribution < 1.29 is 9.90 Å². The normalized spacial score (nSPS) is 12.4. The molecule has 1 aromatic heterocycles. The highest BCUT2D eigenvalue weighted by molar-refractivity contribution is 5.75. The Balaban J connectivity index is 2.15. The Morgan fingerprint density at radius 1 is 1.71 bits per heavy atom. The molecule has 78 valence electrons. The Bertz CT molecular complexity index is 271. The van der Waals surface area contributed by atoms with E-state index in [-0.39, 0.29) is 12.5 Å². The largest absolute Gasteiger partial charge is 0.392 e. The summed E-state index contributed by atoms with van der Waals surface area (Å²) in [5.41, 5.74) is 0. The minimum absolute atomic E-state index is 0.0959.